The SMILES string of the molecule is CC(=O)Nc1ccc(S(=O)(=O)Cl)cc1F. The molecule has 0 saturated heterocycles. The van der Waals surface area contributed by atoms with Crippen LogP contribution >= 0.6 is 10.7 Å². The van der Waals surface area contributed by atoms with Gasteiger partial charge in [-0.15, -0.1) is 0 Å². The van der Waals surface area contributed by atoms with Crippen molar-refractivity contribution in [2.45, 2.75) is 11.8 Å². The van der Waals surface area contributed by atoms with Gasteiger partial charge >= 0.3 is 0 Å². The predicted octanol–water partition coefficient (Wildman–Crippen LogP) is 1.71. The number of anilines is 1. The highest BCUT2D eigenvalue weighted by Crippen LogP contribution is 2.21. The summed E-state index contributed by atoms with van der Waals surface area (Å²) in [5.41, 5.74) is -0.0911. The Morgan fingerprint density at radius 3 is 2.47 bits per heavy atom. The van der Waals surface area contributed by atoms with Gasteiger partial charge in [0.25, 0.3) is 9.05 Å². The molecule has 4 nitrogen and oxygen atoms in total. The molecule has 0 radical (unpaired) electrons. The number of benzene rings is 1. The van der Waals surface area contributed by atoms with Gasteiger partial charge in [-0.2, -0.15) is 0 Å². The van der Waals surface area contributed by atoms with E-state index in [0.717, 1.165) is 18.2 Å². The Morgan fingerprint density at radius 2 is 2.07 bits per heavy atom. The van der Waals surface area contributed by atoms with Crippen molar-refractivity contribution in [3.05, 3.63) is 24.0 Å². The summed E-state index contributed by atoms with van der Waals surface area (Å²) < 4.78 is 34.9. The topological polar surface area (TPSA) is 63.2 Å². The molecule has 0 fully saturated rings. The minimum Gasteiger partial charge on any atom is -0.324 e. The Labute approximate surface area is 90.5 Å². The second-order valence-electron chi connectivity index (χ2n) is 2.76. The maximum absolute atomic E-state index is 13.2. The number of halogens is 2. The van der Waals surface area contributed by atoms with Gasteiger partial charge in [0.15, 0.2) is 0 Å². The van der Waals surface area contributed by atoms with Gasteiger partial charge in [0.05, 0.1) is 10.6 Å². The van der Waals surface area contributed by atoms with Gasteiger partial charge in [0, 0.05) is 17.6 Å². The maximum atomic E-state index is 13.2. The van der Waals surface area contributed by atoms with Gasteiger partial charge in [0.1, 0.15) is 5.82 Å². The van der Waals surface area contributed by atoms with E-state index < -0.39 is 20.8 Å². The lowest BCUT2D eigenvalue weighted by molar-refractivity contribution is -0.114. The van der Waals surface area contributed by atoms with Crippen molar-refractivity contribution in [1.29, 1.82) is 0 Å². The first-order valence-corrected chi connectivity index (χ1v) is 6.13. The Kier molecular flexibility index (Phi) is 3.31. The molecule has 1 amide bonds. The molecule has 0 bridgehead atoms. The maximum Gasteiger partial charge on any atom is 0.261 e. The second-order valence-corrected chi connectivity index (χ2v) is 5.33. The molecule has 0 heterocycles. The van der Waals surface area contributed by atoms with E-state index in [1.807, 2.05) is 0 Å². The Bertz CT molecular complexity index is 501. The number of hydrogen-bond donors (Lipinski definition) is 1. The van der Waals surface area contributed by atoms with Crippen LogP contribution in [0.4, 0.5) is 10.1 Å². The second kappa shape index (κ2) is 4.16. The fourth-order valence-electron chi connectivity index (χ4n) is 0.939. The smallest absolute Gasteiger partial charge is 0.261 e. The third-order valence-corrected chi connectivity index (χ3v) is 2.88. The minimum absolute atomic E-state index is 0.0911. The average molecular weight is 252 g/mol. The van der Waals surface area contributed by atoms with Gasteiger partial charge in [-0.3, -0.25) is 4.79 Å². The molecule has 0 saturated carbocycles. The lowest BCUT2D eigenvalue weighted by atomic mass is 10.3. The summed E-state index contributed by atoms with van der Waals surface area (Å²) >= 11 is 0. The molecule has 15 heavy (non-hydrogen) atoms. The van der Waals surface area contributed by atoms with Gasteiger partial charge in [-0.05, 0) is 18.2 Å². The van der Waals surface area contributed by atoms with E-state index in [1.165, 1.54) is 6.92 Å². The summed E-state index contributed by atoms with van der Waals surface area (Å²) in [7, 11) is 1.06. The molecule has 0 spiro atoms. The number of hydrogen-bond acceptors (Lipinski definition) is 3. The summed E-state index contributed by atoms with van der Waals surface area (Å²) in [6, 6.07) is 2.98. The van der Waals surface area contributed by atoms with Crippen molar-refractivity contribution in [3.63, 3.8) is 0 Å². The van der Waals surface area contributed by atoms with Crippen molar-refractivity contribution < 1.29 is 17.6 Å². The number of carbonyl (C=O) groups excluding carboxylic acids is 1. The van der Waals surface area contributed by atoms with Gasteiger partial charge in [0.2, 0.25) is 5.91 Å². The molecule has 0 aliphatic carbocycles. The predicted molar refractivity (Wildman–Crippen MR) is 53.7 cm³/mol. The van der Waals surface area contributed by atoms with Crippen LogP contribution in [-0.4, -0.2) is 14.3 Å². The molecule has 1 rings (SSSR count). The van der Waals surface area contributed by atoms with E-state index in [1.54, 1.807) is 0 Å². The largest absolute Gasteiger partial charge is 0.324 e. The molecule has 1 N–H and O–H groups in total. The molecule has 0 aliphatic rings. The first-order valence-electron chi connectivity index (χ1n) is 3.82. The first-order chi connectivity index (χ1) is 6.80. The number of amides is 1. The molecule has 1 aromatic rings. The van der Waals surface area contributed by atoms with Crippen molar-refractivity contribution in [3.8, 4) is 0 Å². The standard InChI is InChI=1S/C8H7ClFNO3S/c1-5(12)11-8-3-2-6(4-7(8)10)15(9,13)14/h2-4H,1H3,(H,11,12). The zero-order valence-corrected chi connectivity index (χ0v) is 9.19. The van der Waals surface area contributed by atoms with Crippen LogP contribution in [0.5, 0.6) is 0 Å². The van der Waals surface area contributed by atoms with Crippen LogP contribution in [0.25, 0.3) is 0 Å². The quantitative estimate of drug-likeness (QED) is 0.814. The molecule has 7 heteroatoms. The summed E-state index contributed by atoms with van der Waals surface area (Å²) in [6.07, 6.45) is 0. The molecule has 0 aliphatic heterocycles. The zero-order chi connectivity index (χ0) is 11.6. The molecule has 0 aromatic heterocycles. The van der Waals surface area contributed by atoms with Crippen LogP contribution in [0.1, 0.15) is 6.92 Å². The minimum atomic E-state index is -3.95. The third-order valence-electron chi connectivity index (χ3n) is 1.53. The lowest BCUT2D eigenvalue weighted by Crippen LogP contribution is -2.07. The number of rotatable bonds is 2. The third kappa shape index (κ3) is 3.17. The highest BCUT2D eigenvalue weighted by Gasteiger charge is 2.13. The van der Waals surface area contributed by atoms with Gasteiger partial charge in [-0.1, -0.05) is 0 Å². The Morgan fingerprint density at radius 1 is 1.47 bits per heavy atom. The van der Waals surface area contributed by atoms with Gasteiger partial charge in [-0.25, -0.2) is 12.8 Å². The van der Waals surface area contributed by atoms with Crippen LogP contribution in [-0.2, 0) is 13.8 Å². The van der Waals surface area contributed by atoms with Crippen LogP contribution < -0.4 is 5.32 Å². The van der Waals surface area contributed by atoms with Crippen molar-refractivity contribution >= 4 is 31.3 Å². The van der Waals surface area contributed by atoms with E-state index in [9.17, 15) is 17.6 Å². The fraction of sp³-hybridized carbons (Fsp3) is 0.125. The average Bonchev–Trinajstić information content (AvgIpc) is 2.05. The molecule has 82 valence electrons. The van der Waals surface area contributed by atoms with E-state index in [-0.39, 0.29) is 10.6 Å². The Hall–Kier alpha value is -1.14. The first kappa shape index (κ1) is 11.9. The fourth-order valence-corrected chi connectivity index (χ4v) is 1.70. The van der Waals surface area contributed by atoms with Crippen LogP contribution in [0.15, 0.2) is 23.1 Å². The highest BCUT2D eigenvalue weighted by atomic mass is 35.7. The van der Waals surface area contributed by atoms with Crippen molar-refractivity contribution in [2.24, 2.45) is 0 Å². The summed E-state index contributed by atoms with van der Waals surface area (Å²) in [5, 5.41) is 2.20. The van der Waals surface area contributed by atoms with E-state index in [4.69, 9.17) is 10.7 Å². The molecular weight excluding hydrogens is 245 g/mol. The monoisotopic (exact) mass is 251 g/mol. The van der Waals surface area contributed by atoms with Crippen molar-refractivity contribution in [1.82, 2.24) is 0 Å². The Balaban J connectivity index is 3.15. The summed E-state index contributed by atoms with van der Waals surface area (Å²) in [5.74, 6) is -1.30. The van der Waals surface area contributed by atoms with E-state index >= 15 is 0 Å². The van der Waals surface area contributed by atoms with Gasteiger partial charge < -0.3 is 5.32 Å². The van der Waals surface area contributed by atoms with Crippen LogP contribution in [0.2, 0.25) is 0 Å². The van der Waals surface area contributed by atoms with Crippen LogP contribution in [0, 0.1) is 5.82 Å². The number of nitrogens with one attached hydrogen (secondary N) is 1. The molecule has 1 aromatic carbocycles. The van der Waals surface area contributed by atoms with Crippen molar-refractivity contribution in [2.75, 3.05) is 5.32 Å². The van der Waals surface area contributed by atoms with Crippen LogP contribution in [0.3, 0.4) is 0 Å². The van der Waals surface area contributed by atoms with E-state index in [2.05, 4.69) is 5.32 Å². The zero-order valence-electron chi connectivity index (χ0n) is 7.62. The summed E-state index contributed by atoms with van der Waals surface area (Å²) in [4.78, 5) is 10.3. The summed E-state index contributed by atoms with van der Waals surface area (Å²) in [6.45, 7) is 1.21. The lowest BCUT2D eigenvalue weighted by Gasteiger charge is -2.04. The highest BCUT2D eigenvalue weighted by molar-refractivity contribution is 8.13. The number of carbonyl (C=O) groups is 1. The molecular formula is C8H7ClFNO3S. The molecule has 0 unspecified atom stereocenters. The molecule has 0 atom stereocenters. The normalized spacial score (nSPS) is 11.1. The van der Waals surface area contributed by atoms with E-state index in [0.29, 0.717) is 0 Å².